The summed E-state index contributed by atoms with van der Waals surface area (Å²) in [5.74, 6) is 0. The summed E-state index contributed by atoms with van der Waals surface area (Å²) in [4.78, 5) is 5.66. The summed E-state index contributed by atoms with van der Waals surface area (Å²) in [6, 6.07) is 0. The van der Waals surface area contributed by atoms with Gasteiger partial charge in [-0.05, 0) is 19.3 Å². The standard InChI is InChI=1S/C9H10N4S/c10-9-12-8-5-4-11-13-6(5)2-1-3-7(8)14-9/h4H,1-3H2,(H2,10,12)(H,11,13). The molecule has 0 saturated heterocycles. The molecule has 0 saturated carbocycles. The largest absolute Gasteiger partial charge is 0.375 e. The molecule has 1 aliphatic rings. The summed E-state index contributed by atoms with van der Waals surface area (Å²) in [6.07, 6.45) is 5.12. The Balaban J connectivity index is 2.26. The fourth-order valence-corrected chi connectivity index (χ4v) is 2.77. The normalized spacial score (nSPS) is 14.6. The highest BCUT2D eigenvalue weighted by Gasteiger charge is 2.19. The van der Waals surface area contributed by atoms with Crippen molar-refractivity contribution in [1.82, 2.24) is 15.2 Å². The Morgan fingerprint density at radius 1 is 1.43 bits per heavy atom. The summed E-state index contributed by atoms with van der Waals surface area (Å²) < 4.78 is 0. The molecule has 0 unspecified atom stereocenters. The van der Waals surface area contributed by atoms with Crippen LogP contribution in [-0.2, 0) is 12.8 Å². The van der Waals surface area contributed by atoms with Gasteiger partial charge in [0.1, 0.15) is 0 Å². The van der Waals surface area contributed by atoms with Gasteiger partial charge in [0.15, 0.2) is 5.13 Å². The van der Waals surface area contributed by atoms with Crippen molar-refractivity contribution >= 4 is 16.5 Å². The highest BCUT2D eigenvalue weighted by Crippen LogP contribution is 2.34. The van der Waals surface area contributed by atoms with Gasteiger partial charge in [0.05, 0.1) is 11.9 Å². The summed E-state index contributed by atoms with van der Waals surface area (Å²) in [5, 5.41) is 7.73. The van der Waals surface area contributed by atoms with E-state index < -0.39 is 0 Å². The third-order valence-corrected chi connectivity index (χ3v) is 3.46. The summed E-state index contributed by atoms with van der Waals surface area (Å²) in [5.41, 5.74) is 9.07. The molecule has 0 amide bonds. The molecule has 0 radical (unpaired) electrons. The molecular formula is C9H10N4S. The van der Waals surface area contributed by atoms with Gasteiger partial charge < -0.3 is 5.73 Å². The fraction of sp³-hybridized carbons (Fsp3) is 0.333. The predicted molar refractivity (Wildman–Crippen MR) is 56.1 cm³/mol. The molecule has 3 N–H and O–H groups in total. The number of hydrogen-bond donors (Lipinski definition) is 2. The number of H-pyrrole nitrogens is 1. The molecule has 2 aromatic rings. The van der Waals surface area contributed by atoms with Crippen LogP contribution in [0.25, 0.3) is 11.3 Å². The third kappa shape index (κ3) is 1.05. The van der Waals surface area contributed by atoms with Crippen LogP contribution >= 0.6 is 11.3 Å². The number of nitrogens with zero attached hydrogens (tertiary/aromatic N) is 2. The number of fused-ring (bicyclic) bond motifs is 3. The average molecular weight is 206 g/mol. The van der Waals surface area contributed by atoms with E-state index in [-0.39, 0.29) is 0 Å². The molecule has 0 atom stereocenters. The van der Waals surface area contributed by atoms with Crippen molar-refractivity contribution in [3.63, 3.8) is 0 Å². The van der Waals surface area contributed by atoms with Crippen molar-refractivity contribution in [1.29, 1.82) is 0 Å². The van der Waals surface area contributed by atoms with E-state index in [1.165, 1.54) is 10.6 Å². The van der Waals surface area contributed by atoms with Crippen LogP contribution in [0.2, 0.25) is 0 Å². The molecule has 3 rings (SSSR count). The van der Waals surface area contributed by atoms with Gasteiger partial charge in [0.2, 0.25) is 0 Å². The molecule has 2 heterocycles. The van der Waals surface area contributed by atoms with Gasteiger partial charge in [-0.3, -0.25) is 5.10 Å². The van der Waals surface area contributed by atoms with Gasteiger partial charge in [0.25, 0.3) is 0 Å². The minimum absolute atomic E-state index is 0.657. The molecular weight excluding hydrogens is 196 g/mol. The predicted octanol–water partition coefficient (Wildman–Crippen LogP) is 1.60. The molecule has 0 fully saturated rings. The van der Waals surface area contributed by atoms with Crippen molar-refractivity contribution in [2.75, 3.05) is 5.73 Å². The van der Waals surface area contributed by atoms with Gasteiger partial charge in [0, 0.05) is 16.1 Å². The van der Waals surface area contributed by atoms with E-state index in [1.54, 1.807) is 11.3 Å². The lowest BCUT2D eigenvalue weighted by Gasteiger charge is -1.93. The molecule has 2 aromatic heterocycles. The van der Waals surface area contributed by atoms with Crippen LogP contribution in [-0.4, -0.2) is 15.2 Å². The topological polar surface area (TPSA) is 67.6 Å². The Morgan fingerprint density at radius 3 is 3.29 bits per heavy atom. The molecule has 5 heteroatoms. The van der Waals surface area contributed by atoms with E-state index in [0.717, 1.165) is 30.5 Å². The van der Waals surface area contributed by atoms with Crippen molar-refractivity contribution in [3.8, 4) is 11.3 Å². The maximum absolute atomic E-state index is 5.71. The lowest BCUT2D eigenvalue weighted by Crippen LogP contribution is -1.87. The SMILES string of the molecule is Nc1nc2c(s1)CCCc1[nH]ncc1-2. The lowest BCUT2D eigenvalue weighted by molar-refractivity contribution is 0.811. The molecule has 0 aliphatic heterocycles. The monoisotopic (exact) mass is 206 g/mol. The van der Waals surface area contributed by atoms with Crippen molar-refractivity contribution in [2.24, 2.45) is 0 Å². The van der Waals surface area contributed by atoms with Gasteiger partial charge >= 0.3 is 0 Å². The maximum atomic E-state index is 5.71. The number of thiazole rings is 1. The second-order valence-electron chi connectivity index (χ2n) is 3.44. The van der Waals surface area contributed by atoms with Gasteiger partial charge in [-0.1, -0.05) is 0 Å². The van der Waals surface area contributed by atoms with E-state index in [1.807, 2.05) is 6.20 Å². The number of aromatic nitrogens is 3. The number of aryl methyl sites for hydroxylation is 2. The van der Waals surface area contributed by atoms with E-state index in [0.29, 0.717) is 5.13 Å². The molecule has 0 aromatic carbocycles. The fourth-order valence-electron chi connectivity index (χ4n) is 1.88. The quantitative estimate of drug-likeness (QED) is 0.688. The smallest absolute Gasteiger partial charge is 0.180 e. The van der Waals surface area contributed by atoms with Crippen LogP contribution in [0.5, 0.6) is 0 Å². The number of nitrogens with one attached hydrogen (secondary N) is 1. The summed E-state index contributed by atoms with van der Waals surface area (Å²) >= 11 is 1.60. The van der Waals surface area contributed by atoms with Crippen LogP contribution < -0.4 is 5.73 Å². The van der Waals surface area contributed by atoms with Gasteiger partial charge in [-0.15, -0.1) is 11.3 Å². The highest BCUT2D eigenvalue weighted by molar-refractivity contribution is 7.15. The van der Waals surface area contributed by atoms with Gasteiger partial charge in [-0.25, -0.2) is 4.98 Å². The van der Waals surface area contributed by atoms with Crippen molar-refractivity contribution in [3.05, 3.63) is 16.8 Å². The Labute approximate surface area is 85.2 Å². The van der Waals surface area contributed by atoms with Crippen LogP contribution in [0.4, 0.5) is 5.13 Å². The zero-order valence-corrected chi connectivity index (χ0v) is 8.40. The zero-order valence-electron chi connectivity index (χ0n) is 7.58. The third-order valence-electron chi connectivity index (χ3n) is 2.52. The van der Waals surface area contributed by atoms with Crippen LogP contribution in [0, 0.1) is 0 Å². The number of rotatable bonds is 0. The maximum Gasteiger partial charge on any atom is 0.180 e. The van der Waals surface area contributed by atoms with Gasteiger partial charge in [-0.2, -0.15) is 5.10 Å². The zero-order chi connectivity index (χ0) is 9.54. The molecule has 1 aliphatic carbocycles. The number of hydrogen-bond acceptors (Lipinski definition) is 4. The first-order valence-corrected chi connectivity index (χ1v) is 5.44. The van der Waals surface area contributed by atoms with E-state index in [9.17, 15) is 0 Å². The minimum atomic E-state index is 0.657. The first kappa shape index (κ1) is 7.99. The minimum Gasteiger partial charge on any atom is -0.375 e. The van der Waals surface area contributed by atoms with Crippen LogP contribution in [0.15, 0.2) is 6.20 Å². The Kier molecular flexibility index (Phi) is 1.61. The first-order valence-electron chi connectivity index (χ1n) is 4.62. The van der Waals surface area contributed by atoms with E-state index >= 15 is 0 Å². The van der Waals surface area contributed by atoms with Crippen LogP contribution in [0.3, 0.4) is 0 Å². The number of nitrogen functional groups attached to an aromatic ring is 1. The Morgan fingerprint density at radius 2 is 2.36 bits per heavy atom. The molecule has 0 spiro atoms. The summed E-state index contributed by atoms with van der Waals surface area (Å²) in [6.45, 7) is 0. The molecule has 14 heavy (non-hydrogen) atoms. The molecule has 0 bridgehead atoms. The second-order valence-corrected chi connectivity index (χ2v) is 4.55. The Hall–Kier alpha value is -1.36. The molecule has 72 valence electrons. The number of anilines is 1. The van der Waals surface area contributed by atoms with Crippen LogP contribution in [0.1, 0.15) is 17.0 Å². The average Bonchev–Trinajstić information content (AvgIpc) is 2.70. The lowest BCUT2D eigenvalue weighted by atomic mass is 10.2. The highest BCUT2D eigenvalue weighted by atomic mass is 32.1. The summed E-state index contributed by atoms with van der Waals surface area (Å²) in [7, 11) is 0. The number of nitrogens with two attached hydrogens (primary N) is 1. The van der Waals surface area contributed by atoms with Crippen molar-refractivity contribution in [2.45, 2.75) is 19.3 Å². The van der Waals surface area contributed by atoms with E-state index in [4.69, 9.17) is 5.73 Å². The second kappa shape index (κ2) is 2.81. The molecule has 4 nitrogen and oxygen atoms in total. The van der Waals surface area contributed by atoms with E-state index in [2.05, 4.69) is 15.2 Å². The van der Waals surface area contributed by atoms with Crippen molar-refractivity contribution < 1.29 is 0 Å². The first-order chi connectivity index (χ1) is 6.84. The number of aromatic amines is 1. The Bertz CT molecular complexity index is 471.